The number of ether oxygens (including phenoxy) is 2. The van der Waals surface area contributed by atoms with Crippen LogP contribution in [0, 0.1) is 5.92 Å². The summed E-state index contributed by atoms with van der Waals surface area (Å²) in [6, 6.07) is 14.4. The van der Waals surface area contributed by atoms with Gasteiger partial charge in [0.25, 0.3) is 0 Å². The first-order valence-electron chi connectivity index (χ1n) is 12.5. The van der Waals surface area contributed by atoms with Gasteiger partial charge < -0.3 is 25.0 Å². The molecule has 3 aromatic rings. The molecule has 0 radical (unpaired) electrons. The summed E-state index contributed by atoms with van der Waals surface area (Å²) in [6.45, 7) is 3.01. The van der Waals surface area contributed by atoms with Crippen molar-refractivity contribution in [3.05, 3.63) is 66.5 Å². The number of benzene rings is 2. The molecule has 0 bridgehead atoms. The zero-order valence-electron chi connectivity index (χ0n) is 21.1. The fourth-order valence-corrected chi connectivity index (χ4v) is 3.74. The molecule has 2 aromatic carbocycles. The van der Waals surface area contributed by atoms with Crippen molar-refractivity contribution in [3.63, 3.8) is 0 Å². The third-order valence-electron chi connectivity index (χ3n) is 6.13. The number of amides is 1. The van der Waals surface area contributed by atoms with Crippen LogP contribution in [0.25, 0.3) is 10.9 Å². The molecular weight excluding hydrogens is 454 g/mol. The molecule has 1 amide bonds. The summed E-state index contributed by atoms with van der Waals surface area (Å²) in [5.41, 5.74) is 2.96. The molecule has 1 saturated carbocycles. The van der Waals surface area contributed by atoms with E-state index in [4.69, 9.17) is 9.47 Å². The van der Waals surface area contributed by atoms with Crippen LogP contribution in [0.5, 0.6) is 5.75 Å². The van der Waals surface area contributed by atoms with Gasteiger partial charge in [0.2, 0.25) is 5.91 Å². The van der Waals surface area contributed by atoms with Crippen LogP contribution >= 0.6 is 0 Å². The smallest absolute Gasteiger partial charge is 0.246 e. The van der Waals surface area contributed by atoms with Crippen molar-refractivity contribution in [2.45, 2.75) is 19.3 Å². The van der Waals surface area contributed by atoms with Crippen molar-refractivity contribution in [1.82, 2.24) is 14.9 Å². The maximum atomic E-state index is 12.2. The van der Waals surface area contributed by atoms with Gasteiger partial charge in [-0.3, -0.25) is 4.79 Å². The molecule has 1 aromatic heterocycles. The Balaban J connectivity index is 1.46. The first-order chi connectivity index (χ1) is 17.6. The van der Waals surface area contributed by atoms with E-state index in [1.807, 2.05) is 24.3 Å². The molecule has 36 heavy (non-hydrogen) atoms. The minimum absolute atomic E-state index is 0.0594. The average molecular weight is 490 g/mol. The molecular formula is C28H35N5O3. The van der Waals surface area contributed by atoms with Gasteiger partial charge in [-0.05, 0) is 36.8 Å². The van der Waals surface area contributed by atoms with Crippen LogP contribution in [0.3, 0.4) is 0 Å². The quantitative estimate of drug-likeness (QED) is 0.329. The summed E-state index contributed by atoms with van der Waals surface area (Å²) in [6.07, 6.45) is 8.32. The Morgan fingerprint density at radius 2 is 2.00 bits per heavy atom. The summed E-state index contributed by atoms with van der Waals surface area (Å²) >= 11 is 0. The van der Waals surface area contributed by atoms with E-state index in [2.05, 4.69) is 44.9 Å². The third-order valence-corrected chi connectivity index (χ3v) is 6.13. The molecule has 0 saturated heterocycles. The molecule has 2 N–H and O–H groups in total. The lowest BCUT2D eigenvalue weighted by atomic mass is 10.1. The van der Waals surface area contributed by atoms with Crippen molar-refractivity contribution >= 4 is 28.3 Å². The second kappa shape index (κ2) is 12.9. The van der Waals surface area contributed by atoms with Crippen LogP contribution in [0.2, 0.25) is 0 Å². The number of fused-ring (bicyclic) bond motifs is 1. The van der Waals surface area contributed by atoms with Gasteiger partial charge in [-0.2, -0.15) is 0 Å². The molecule has 4 rings (SSSR count). The van der Waals surface area contributed by atoms with E-state index in [1.54, 1.807) is 31.5 Å². The van der Waals surface area contributed by atoms with E-state index < -0.39 is 0 Å². The Morgan fingerprint density at radius 3 is 2.78 bits per heavy atom. The number of methoxy groups -OCH3 is 1. The van der Waals surface area contributed by atoms with Gasteiger partial charge in [-0.25, -0.2) is 9.97 Å². The highest BCUT2D eigenvalue weighted by Crippen LogP contribution is 2.35. The molecule has 8 heteroatoms. The largest absolute Gasteiger partial charge is 0.491 e. The number of anilines is 2. The number of carbonyl (C=O) groups excluding carboxylic acids is 1. The lowest BCUT2D eigenvalue weighted by molar-refractivity contribution is -0.125. The molecule has 1 aliphatic carbocycles. The lowest BCUT2D eigenvalue weighted by Crippen LogP contribution is -2.28. The first-order valence-corrected chi connectivity index (χ1v) is 12.5. The zero-order valence-corrected chi connectivity index (χ0v) is 21.1. The number of nitrogens with zero attached hydrogens (tertiary/aromatic N) is 3. The normalized spacial score (nSPS) is 13.2. The molecule has 0 unspecified atom stereocenters. The fourth-order valence-electron chi connectivity index (χ4n) is 3.74. The predicted molar refractivity (Wildman–Crippen MR) is 144 cm³/mol. The average Bonchev–Trinajstić information content (AvgIpc) is 3.73. The second-order valence-electron chi connectivity index (χ2n) is 9.04. The zero-order chi connectivity index (χ0) is 25.2. The molecule has 190 valence electrons. The third kappa shape index (κ3) is 7.42. The standard InChI is InChI=1S/C28H35N5O3/c1-33(15-16-35-2)27(34)9-6-13-29-25-17-23-24(18-26(25)36-19-22-10-11-22)31-20-32-28(23)30-14-12-21-7-4-3-5-8-21/h3-9,17-18,20,22,29H,10-16,19H2,1-2H3,(H,30,31,32). The van der Waals surface area contributed by atoms with Gasteiger partial charge in [0.15, 0.2) is 0 Å². The van der Waals surface area contributed by atoms with Gasteiger partial charge in [-0.1, -0.05) is 36.4 Å². The Hall–Kier alpha value is -3.65. The van der Waals surface area contributed by atoms with Crippen molar-refractivity contribution in [2.75, 3.05) is 57.6 Å². The SMILES string of the molecule is COCCN(C)C(=O)C=CCNc1cc2c(NCCc3ccccc3)ncnc2cc1OCC1CC1. The summed E-state index contributed by atoms with van der Waals surface area (Å²) in [4.78, 5) is 22.8. The Bertz CT molecular complexity index is 1160. The number of rotatable bonds is 14. The summed E-state index contributed by atoms with van der Waals surface area (Å²) < 4.78 is 11.2. The Morgan fingerprint density at radius 1 is 1.17 bits per heavy atom. The summed E-state index contributed by atoms with van der Waals surface area (Å²) in [5.74, 6) is 2.13. The lowest BCUT2D eigenvalue weighted by Gasteiger charge is -2.16. The summed E-state index contributed by atoms with van der Waals surface area (Å²) in [7, 11) is 3.39. The van der Waals surface area contributed by atoms with Crippen molar-refractivity contribution < 1.29 is 14.3 Å². The minimum atomic E-state index is -0.0594. The highest BCUT2D eigenvalue weighted by atomic mass is 16.5. The van der Waals surface area contributed by atoms with E-state index in [-0.39, 0.29) is 5.91 Å². The van der Waals surface area contributed by atoms with Gasteiger partial charge in [-0.15, -0.1) is 0 Å². The summed E-state index contributed by atoms with van der Waals surface area (Å²) in [5, 5.41) is 7.79. The highest BCUT2D eigenvalue weighted by molar-refractivity contribution is 5.93. The van der Waals surface area contributed by atoms with Crippen molar-refractivity contribution in [2.24, 2.45) is 5.92 Å². The first kappa shape index (κ1) is 25.4. The molecule has 0 aliphatic heterocycles. The van der Waals surface area contributed by atoms with Crippen LogP contribution in [-0.2, 0) is 16.0 Å². The Kier molecular flexibility index (Phi) is 9.10. The molecule has 1 aliphatic rings. The number of carbonyl (C=O) groups is 1. The number of aromatic nitrogens is 2. The minimum Gasteiger partial charge on any atom is -0.491 e. The molecule has 0 spiro atoms. The van der Waals surface area contributed by atoms with Crippen LogP contribution in [0.15, 0.2) is 60.9 Å². The van der Waals surface area contributed by atoms with Crippen molar-refractivity contribution in [3.8, 4) is 5.75 Å². The van der Waals surface area contributed by atoms with Crippen LogP contribution in [0.4, 0.5) is 11.5 Å². The van der Waals surface area contributed by atoms with Gasteiger partial charge in [0.1, 0.15) is 17.9 Å². The molecule has 1 fully saturated rings. The predicted octanol–water partition coefficient (Wildman–Crippen LogP) is 4.15. The van der Waals surface area contributed by atoms with Crippen LogP contribution in [-0.4, -0.2) is 67.8 Å². The van der Waals surface area contributed by atoms with Gasteiger partial charge in [0.05, 0.1) is 24.4 Å². The molecule has 1 heterocycles. The maximum absolute atomic E-state index is 12.2. The topological polar surface area (TPSA) is 88.6 Å². The number of nitrogens with one attached hydrogen (secondary N) is 2. The number of hydrogen-bond donors (Lipinski definition) is 2. The van der Waals surface area contributed by atoms with E-state index in [1.165, 1.54) is 18.4 Å². The van der Waals surface area contributed by atoms with E-state index >= 15 is 0 Å². The molecule has 0 atom stereocenters. The Labute approximate surface area is 212 Å². The number of hydrogen-bond acceptors (Lipinski definition) is 7. The van der Waals surface area contributed by atoms with Crippen LogP contribution in [0.1, 0.15) is 18.4 Å². The van der Waals surface area contributed by atoms with Gasteiger partial charge >= 0.3 is 0 Å². The highest BCUT2D eigenvalue weighted by Gasteiger charge is 2.22. The maximum Gasteiger partial charge on any atom is 0.246 e. The van der Waals surface area contributed by atoms with E-state index in [0.717, 1.165) is 41.1 Å². The van der Waals surface area contributed by atoms with Gasteiger partial charge in [0, 0.05) is 51.3 Å². The van der Waals surface area contributed by atoms with E-state index in [0.29, 0.717) is 32.2 Å². The molecule has 8 nitrogen and oxygen atoms in total. The van der Waals surface area contributed by atoms with Crippen molar-refractivity contribution in [1.29, 1.82) is 0 Å². The fraction of sp³-hybridized carbons (Fsp3) is 0.393. The number of likely N-dealkylation sites (N-methyl/N-ethyl adjacent to an activating group) is 1. The van der Waals surface area contributed by atoms with Crippen LogP contribution < -0.4 is 15.4 Å². The second-order valence-corrected chi connectivity index (χ2v) is 9.04. The van der Waals surface area contributed by atoms with E-state index in [9.17, 15) is 4.79 Å². The monoisotopic (exact) mass is 489 g/mol.